The Balaban J connectivity index is 1.94. The Labute approximate surface area is 276 Å². The van der Waals surface area contributed by atoms with Gasteiger partial charge in [0.1, 0.15) is 11.6 Å². The number of hydrogen-bond donors (Lipinski definition) is 3. The van der Waals surface area contributed by atoms with Crippen molar-refractivity contribution in [2.45, 2.75) is 65.5 Å². The highest BCUT2D eigenvalue weighted by atomic mass is 19.1. The molecule has 10 heteroatoms. The topological polar surface area (TPSA) is 102 Å². The van der Waals surface area contributed by atoms with Crippen LogP contribution in [0.2, 0.25) is 0 Å². The number of nitrogens with zero attached hydrogens (tertiary/aromatic N) is 2. The normalized spacial score (nSPS) is 12.1. The van der Waals surface area contributed by atoms with Gasteiger partial charge in [-0.25, -0.2) is 13.8 Å². The molecular formula is C37H44F2N4O4. The second kappa shape index (κ2) is 18.5. The summed E-state index contributed by atoms with van der Waals surface area (Å²) in [4.78, 5) is 41.9. The molecular weight excluding hydrogens is 602 g/mol. The number of carbonyl (C=O) groups is 3. The first-order valence-corrected chi connectivity index (χ1v) is 16.0. The average Bonchev–Trinajstić information content (AvgIpc) is 3.04. The van der Waals surface area contributed by atoms with E-state index in [4.69, 9.17) is 0 Å². The molecule has 0 saturated carbocycles. The molecule has 0 aliphatic carbocycles. The number of hydrazine groups is 1. The van der Waals surface area contributed by atoms with Crippen LogP contribution in [-0.4, -0.2) is 71.1 Å². The molecule has 3 N–H and O–H groups in total. The van der Waals surface area contributed by atoms with Crippen molar-refractivity contribution in [3.05, 3.63) is 106 Å². The highest BCUT2D eigenvalue weighted by Crippen LogP contribution is 2.17. The fourth-order valence-electron chi connectivity index (χ4n) is 5.27. The number of amides is 3. The zero-order valence-corrected chi connectivity index (χ0v) is 27.5. The molecule has 0 spiro atoms. The number of halogens is 2. The van der Waals surface area contributed by atoms with E-state index >= 15 is 0 Å². The van der Waals surface area contributed by atoms with Crippen molar-refractivity contribution in [3.8, 4) is 11.8 Å². The Bertz CT molecular complexity index is 1550. The monoisotopic (exact) mass is 646 g/mol. The smallest absolute Gasteiger partial charge is 0.265 e. The van der Waals surface area contributed by atoms with Crippen molar-refractivity contribution in [2.24, 2.45) is 0 Å². The number of aliphatic hydroxyl groups is 1. The number of nitrogens with one attached hydrogen (secondary N) is 2. The molecule has 0 aliphatic heterocycles. The fraction of sp³-hybridized carbons (Fsp3) is 0.378. The van der Waals surface area contributed by atoms with Crippen LogP contribution in [0.5, 0.6) is 0 Å². The molecule has 3 aromatic carbocycles. The maximum absolute atomic E-state index is 14.1. The molecule has 2 unspecified atom stereocenters. The van der Waals surface area contributed by atoms with E-state index in [1.807, 2.05) is 20.8 Å². The van der Waals surface area contributed by atoms with Crippen LogP contribution in [0.15, 0.2) is 66.7 Å². The van der Waals surface area contributed by atoms with Crippen molar-refractivity contribution in [2.75, 3.05) is 26.2 Å². The molecule has 3 aromatic rings. The number of rotatable bonds is 16. The molecule has 0 aliphatic rings. The summed E-state index contributed by atoms with van der Waals surface area (Å²) in [5.74, 6) is 2.94. The van der Waals surface area contributed by atoms with Crippen LogP contribution in [0.3, 0.4) is 0 Å². The third kappa shape index (κ3) is 11.3. The molecule has 3 amide bonds. The van der Waals surface area contributed by atoms with Crippen molar-refractivity contribution in [1.29, 1.82) is 0 Å². The summed E-state index contributed by atoms with van der Waals surface area (Å²) >= 11 is 0. The Hall–Kier alpha value is -4.59. The van der Waals surface area contributed by atoms with Crippen LogP contribution in [0, 0.1) is 23.5 Å². The summed E-state index contributed by atoms with van der Waals surface area (Å²) in [6.07, 6.45) is 0.791. The summed E-state index contributed by atoms with van der Waals surface area (Å²) in [5.41, 5.74) is 4.38. The molecule has 0 bridgehead atoms. The molecule has 2 atom stereocenters. The van der Waals surface area contributed by atoms with Crippen molar-refractivity contribution in [1.82, 2.24) is 20.7 Å². The van der Waals surface area contributed by atoms with Gasteiger partial charge in [0.15, 0.2) is 0 Å². The van der Waals surface area contributed by atoms with E-state index in [1.165, 1.54) is 6.07 Å². The zero-order chi connectivity index (χ0) is 34.3. The van der Waals surface area contributed by atoms with E-state index in [0.717, 1.165) is 31.0 Å². The van der Waals surface area contributed by atoms with Crippen LogP contribution in [0.25, 0.3) is 0 Å². The molecule has 47 heavy (non-hydrogen) atoms. The summed E-state index contributed by atoms with van der Waals surface area (Å²) in [6, 6.07) is 15.3. The van der Waals surface area contributed by atoms with Gasteiger partial charge in [-0.05, 0) is 80.6 Å². The van der Waals surface area contributed by atoms with Crippen LogP contribution in [0.1, 0.15) is 89.2 Å². The number of aliphatic hydroxyl groups excluding tert-OH is 1. The summed E-state index contributed by atoms with van der Waals surface area (Å²) in [7, 11) is 0. The quantitative estimate of drug-likeness (QED) is 0.144. The molecule has 3 rings (SSSR count). The van der Waals surface area contributed by atoms with Crippen molar-refractivity contribution in [3.63, 3.8) is 0 Å². The van der Waals surface area contributed by atoms with E-state index in [9.17, 15) is 28.3 Å². The van der Waals surface area contributed by atoms with Crippen LogP contribution < -0.4 is 10.7 Å². The first-order valence-electron chi connectivity index (χ1n) is 16.0. The predicted octanol–water partition coefficient (Wildman–Crippen LogP) is 5.36. The second-order valence-electron chi connectivity index (χ2n) is 11.3. The lowest BCUT2D eigenvalue weighted by atomic mass is 9.99. The molecule has 0 heterocycles. The van der Waals surface area contributed by atoms with Gasteiger partial charge >= 0.3 is 0 Å². The minimum Gasteiger partial charge on any atom is -0.390 e. The average molecular weight is 647 g/mol. The Morgan fingerprint density at radius 3 is 2.02 bits per heavy atom. The third-order valence-electron chi connectivity index (χ3n) is 7.34. The molecule has 250 valence electrons. The Morgan fingerprint density at radius 1 is 0.809 bits per heavy atom. The second-order valence-corrected chi connectivity index (χ2v) is 11.3. The molecule has 0 saturated heterocycles. The SMILES string of the molecule is CC#Cc1cc(C(=O)NC(Cc2cc(F)cc(F)c2)C(O)CN(CCC)NC(=O)c2ccccc2)cc(C(=O)N(CCC)CCC)c1. The standard InChI is InChI=1S/C37H44F2N4O4/c1-5-12-26-18-29(23-30(19-26)37(47)42(15-6-2)16-7-3)35(45)40-33(22-27-20-31(38)24-32(39)21-27)34(44)25-43(17-8-4)41-36(46)28-13-10-9-11-14-28/h9-11,13-14,18-21,23-24,33-34,44H,6-8,15-17,22,25H2,1-4H3,(H,40,45)(H,41,46). The van der Waals surface area contributed by atoms with E-state index < -0.39 is 29.7 Å². The van der Waals surface area contributed by atoms with Gasteiger partial charge in [-0.15, -0.1) is 5.92 Å². The van der Waals surface area contributed by atoms with Gasteiger partial charge in [-0.2, -0.15) is 0 Å². The lowest BCUT2D eigenvalue weighted by molar-refractivity contribution is 0.0451. The van der Waals surface area contributed by atoms with Crippen molar-refractivity contribution < 1.29 is 28.3 Å². The van der Waals surface area contributed by atoms with Gasteiger partial charge in [0, 0.05) is 54.5 Å². The highest BCUT2D eigenvalue weighted by Gasteiger charge is 2.27. The largest absolute Gasteiger partial charge is 0.390 e. The summed E-state index contributed by atoms with van der Waals surface area (Å²) in [5, 5.41) is 15.9. The van der Waals surface area contributed by atoms with Gasteiger partial charge in [0.2, 0.25) is 0 Å². The Kier molecular flexibility index (Phi) is 14.5. The molecule has 0 fully saturated rings. The minimum atomic E-state index is -1.28. The summed E-state index contributed by atoms with van der Waals surface area (Å²) < 4.78 is 28.3. The fourth-order valence-corrected chi connectivity index (χ4v) is 5.27. The first-order chi connectivity index (χ1) is 22.6. The maximum Gasteiger partial charge on any atom is 0.265 e. The molecule has 0 radical (unpaired) electrons. The third-order valence-corrected chi connectivity index (χ3v) is 7.34. The maximum atomic E-state index is 14.1. The van der Waals surface area contributed by atoms with Crippen LogP contribution >= 0.6 is 0 Å². The van der Waals surface area contributed by atoms with Gasteiger partial charge in [0.25, 0.3) is 17.7 Å². The van der Waals surface area contributed by atoms with Gasteiger partial charge in [-0.1, -0.05) is 44.9 Å². The van der Waals surface area contributed by atoms with E-state index in [2.05, 4.69) is 22.6 Å². The van der Waals surface area contributed by atoms with Crippen molar-refractivity contribution >= 4 is 17.7 Å². The lowest BCUT2D eigenvalue weighted by Gasteiger charge is -2.30. The zero-order valence-electron chi connectivity index (χ0n) is 27.5. The number of carbonyl (C=O) groups excluding carboxylic acids is 3. The van der Waals surface area contributed by atoms with E-state index in [-0.39, 0.29) is 35.9 Å². The van der Waals surface area contributed by atoms with E-state index in [0.29, 0.717) is 42.7 Å². The minimum absolute atomic E-state index is 0.0940. The van der Waals surface area contributed by atoms with Crippen LogP contribution in [0.4, 0.5) is 8.78 Å². The van der Waals surface area contributed by atoms with Gasteiger partial charge in [0.05, 0.1) is 12.1 Å². The van der Waals surface area contributed by atoms with Gasteiger partial charge in [-0.3, -0.25) is 19.8 Å². The molecule has 8 nitrogen and oxygen atoms in total. The first kappa shape index (κ1) is 36.9. The Morgan fingerprint density at radius 2 is 1.43 bits per heavy atom. The lowest BCUT2D eigenvalue weighted by Crippen LogP contribution is -2.53. The number of benzene rings is 3. The van der Waals surface area contributed by atoms with Crippen LogP contribution in [-0.2, 0) is 6.42 Å². The number of hydrogen-bond acceptors (Lipinski definition) is 5. The van der Waals surface area contributed by atoms with E-state index in [1.54, 1.807) is 59.3 Å². The highest BCUT2D eigenvalue weighted by molar-refractivity contribution is 6.00. The summed E-state index contributed by atoms with van der Waals surface area (Å²) in [6.45, 7) is 8.95. The van der Waals surface area contributed by atoms with Gasteiger partial charge < -0.3 is 15.3 Å². The predicted molar refractivity (Wildman–Crippen MR) is 179 cm³/mol. The molecule has 0 aromatic heterocycles.